The Morgan fingerprint density at radius 3 is 2.94 bits per heavy atom. The second-order valence-corrected chi connectivity index (χ2v) is 5.40. The normalized spacial score (nSPS) is 30.8. The van der Waals surface area contributed by atoms with Gasteiger partial charge in [-0.3, -0.25) is 4.79 Å². The minimum atomic E-state index is -0.523. The molecule has 2 atom stereocenters. The molecule has 1 fully saturated rings. The third-order valence-corrected chi connectivity index (χ3v) is 4.56. The largest absolute Gasteiger partial charge is 0.295 e. The Morgan fingerprint density at radius 1 is 1.53 bits per heavy atom. The molecular formula is C15H17NO. The fourth-order valence-corrected chi connectivity index (χ4v) is 3.51. The van der Waals surface area contributed by atoms with Crippen molar-refractivity contribution in [2.75, 3.05) is 0 Å². The molecule has 0 aromatic rings. The summed E-state index contributed by atoms with van der Waals surface area (Å²) in [7, 11) is 0. The van der Waals surface area contributed by atoms with Crippen LogP contribution in [-0.4, -0.2) is 5.78 Å². The molecule has 0 aromatic carbocycles. The topological polar surface area (TPSA) is 40.9 Å². The molecule has 2 nitrogen and oxygen atoms in total. The van der Waals surface area contributed by atoms with Gasteiger partial charge in [0.05, 0.1) is 11.5 Å². The molecule has 2 aliphatic carbocycles. The molecule has 1 saturated carbocycles. The van der Waals surface area contributed by atoms with Crippen LogP contribution in [0.15, 0.2) is 11.6 Å². The van der Waals surface area contributed by atoms with Crippen LogP contribution in [-0.2, 0) is 4.79 Å². The molecule has 0 N–H and O–H groups in total. The van der Waals surface area contributed by atoms with Crippen molar-refractivity contribution in [3.8, 4) is 18.4 Å². The minimum Gasteiger partial charge on any atom is -0.295 e. The standard InChI is InChI=1S/C15H17NO/c1-3-7-14(2,11-16)15-8-4-5-12(15)10-13(17)6-9-15/h1,10H,4-9H2,2H3/t14-,15?/m0/s1. The summed E-state index contributed by atoms with van der Waals surface area (Å²) in [6.45, 7) is 1.96. The predicted octanol–water partition coefficient (Wildman–Crippen LogP) is 3.00. The molecule has 2 heteroatoms. The summed E-state index contributed by atoms with van der Waals surface area (Å²) >= 11 is 0. The van der Waals surface area contributed by atoms with Gasteiger partial charge < -0.3 is 0 Å². The van der Waals surface area contributed by atoms with E-state index in [0.717, 1.165) is 25.7 Å². The summed E-state index contributed by atoms with van der Waals surface area (Å²) in [6.07, 6.45) is 12.0. The monoisotopic (exact) mass is 227 g/mol. The number of hydrogen-bond acceptors (Lipinski definition) is 2. The lowest BCUT2D eigenvalue weighted by Crippen LogP contribution is -2.40. The van der Waals surface area contributed by atoms with E-state index in [1.807, 2.05) is 6.92 Å². The lowest BCUT2D eigenvalue weighted by molar-refractivity contribution is -0.116. The van der Waals surface area contributed by atoms with Crippen molar-refractivity contribution in [1.29, 1.82) is 5.26 Å². The smallest absolute Gasteiger partial charge is 0.155 e. The molecule has 0 aromatic heterocycles. The molecule has 0 aliphatic heterocycles. The van der Waals surface area contributed by atoms with Crippen molar-refractivity contribution in [3.63, 3.8) is 0 Å². The lowest BCUT2D eigenvalue weighted by Gasteiger charge is -2.44. The molecule has 0 heterocycles. The van der Waals surface area contributed by atoms with Crippen LogP contribution in [0.1, 0.15) is 45.4 Å². The number of allylic oxidation sites excluding steroid dienone is 2. The molecule has 1 unspecified atom stereocenters. The highest BCUT2D eigenvalue weighted by Crippen LogP contribution is 2.59. The second-order valence-electron chi connectivity index (χ2n) is 5.40. The minimum absolute atomic E-state index is 0.137. The Labute approximate surface area is 103 Å². The van der Waals surface area contributed by atoms with Gasteiger partial charge >= 0.3 is 0 Å². The van der Waals surface area contributed by atoms with Crippen molar-refractivity contribution in [1.82, 2.24) is 0 Å². The highest BCUT2D eigenvalue weighted by atomic mass is 16.1. The van der Waals surface area contributed by atoms with Crippen LogP contribution in [0.5, 0.6) is 0 Å². The van der Waals surface area contributed by atoms with Crippen LogP contribution in [0, 0.1) is 34.5 Å². The van der Waals surface area contributed by atoms with Gasteiger partial charge in [0.1, 0.15) is 0 Å². The van der Waals surface area contributed by atoms with Crippen molar-refractivity contribution in [2.24, 2.45) is 10.8 Å². The van der Waals surface area contributed by atoms with E-state index in [4.69, 9.17) is 6.42 Å². The zero-order valence-electron chi connectivity index (χ0n) is 10.3. The third-order valence-electron chi connectivity index (χ3n) is 4.56. The quantitative estimate of drug-likeness (QED) is 0.680. The number of fused-ring (bicyclic) bond motifs is 1. The molecule has 88 valence electrons. The Hall–Kier alpha value is -1.54. The number of carbonyl (C=O) groups excluding carboxylic acids is 1. The average molecular weight is 227 g/mol. The summed E-state index contributed by atoms with van der Waals surface area (Å²) in [5.41, 5.74) is 0.514. The van der Waals surface area contributed by atoms with E-state index < -0.39 is 5.41 Å². The summed E-state index contributed by atoms with van der Waals surface area (Å²) in [5, 5.41) is 9.52. The first-order valence-electron chi connectivity index (χ1n) is 6.17. The van der Waals surface area contributed by atoms with Gasteiger partial charge in [-0.15, -0.1) is 12.3 Å². The summed E-state index contributed by atoms with van der Waals surface area (Å²) < 4.78 is 0. The van der Waals surface area contributed by atoms with Crippen LogP contribution in [0.2, 0.25) is 0 Å². The number of rotatable bonds is 2. The number of nitriles is 1. The fraction of sp³-hybridized carbons (Fsp3) is 0.600. The van der Waals surface area contributed by atoms with Gasteiger partial charge in [0.2, 0.25) is 0 Å². The molecule has 0 radical (unpaired) electrons. The SMILES string of the molecule is C#CC[C@@](C)(C#N)C12CCCC1=CC(=O)CC2. The van der Waals surface area contributed by atoms with Gasteiger partial charge in [0, 0.05) is 18.3 Å². The number of terminal acetylenes is 1. The van der Waals surface area contributed by atoms with E-state index in [1.54, 1.807) is 6.08 Å². The van der Waals surface area contributed by atoms with E-state index in [9.17, 15) is 10.1 Å². The van der Waals surface area contributed by atoms with Gasteiger partial charge in [-0.25, -0.2) is 0 Å². The first-order valence-corrected chi connectivity index (χ1v) is 6.17. The van der Waals surface area contributed by atoms with Gasteiger partial charge in [-0.1, -0.05) is 5.57 Å². The number of ketones is 1. The predicted molar refractivity (Wildman–Crippen MR) is 65.8 cm³/mol. The molecule has 0 amide bonds. The lowest BCUT2D eigenvalue weighted by atomic mass is 9.57. The number of nitrogens with zero attached hydrogens (tertiary/aromatic N) is 1. The van der Waals surface area contributed by atoms with E-state index >= 15 is 0 Å². The third kappa shape index (κ3) is 1.60. The maximum absolute atomic E-state index is 11.5. The molecule has 0 spiro atoms. The summed E-state index contributed by atoms with van der Waals surface area (Å²) in [4.78, 5) is 11.5. The fourth-order valence-electron chi connectivity index (χ4n) is 3.51. The molecule has 2 aliphatic rings. The van der Waals surface area contributed by atoms with Crippen LogP contribution < -0.4 is 0 Å². The maximum Gasteiger partial charge on any atom is 0.155 e. The summed E-state index contributed by atoms with van der Waals surface area (Å²) in [5.74, 6) is 2.85. The van der Waals surface area contributed by atoms with E-state index in [-0.39, 0.29) is 11.2 Å². The number of hydrogen-bond donors (Lipinski definition) is 0. The Bertz CT molecular complexity index is 462. The van der Waals surface area contributed by atoms with Gasteiger partial charge in [-0.05, 0) is 38.7 Å². The maximum atomic E-state index is 11.5. The van der Waals surface area contributed by atoms with Gasteiger partial charge in [0.25, 0.3) is 0 Å². The van der Waals surface area contributed by atoms with E-state index in [2.05, 4.69) is 12.0 Å². The molecule has 0 bridgehead atoms. The highest BCUT2D eigenvalue weighted by molar-refractivity contribution is 5.91. The number of carbonyl (C=O) groups is 1. The Kier molecular flexibility index (Phi) is 2.84. The highest BCUT2D eigenvalue weighted by Gasteiger charge is 2.53. The van der Waals surface area contributed by atoms with Crippen LogP contribution in [0.4, 0.5) is 0 Å². The van der Waals surface area contributed by atoms with E-state index in [1.165, 1.54) is 5.57 Å². The van der Waals surface area contributed by atoms with Crippen molar-refractivity contribution in [3.05, 3.63) is 11.6 Å². The average Bonchev–Trinajstić information content (AvgIpc) is 2.73. The van der Waals surface area contributed by atoms with Crippen molar-refractivity contribution >= 4 is 5.78 Å². The van der Waals surface area contributed by atoms with E-state index in [0.29, 0.717) is 12.8 Å². The first kappa shape index (κ1) is 11.9. The van der Waals surface area contributed by atoms with Crippen LogP contribution >= 0.6 is 0 Å². The molecule has 0 saturated heterocycles. The van der Waals surface area contributed by atoms with Crippen LogP contribution in [0.25, 0.3) is 0 Å². The second kappa shape index (κ2) is 4.04. The Balaban J connectivity index is 2.48. The summed E-state index contributed by atoms with van der Waals surface area (Å²) in [6, 6.07) is 2.43. The van der Waals surface area contributed by atoms with Crippen LogP contribution in [0.3, 0.4) is 0 Å². The zero-order chi connectivity index (χ0) is 12.5. The zero-order valence-corrected chi connectivity index (χ0v) is 10.3. The Morgan fingerprint density at radius 2 is 2.29 bits per heavy atom. The van der Waals surface area contributed by atoms with Crippen molar-refractivity contribution < 1.29 is 4.79 Å². The molecule has 17 heavy (non-hydrogen) atoms. The van der Waals surface area contributed by atoms with Crippen molar-refractivity contribution in [2.45, 2.75) is 45.4 Å². The molecular weight excluding hydrogens is 210 g/mol. The molecule has 2 rings (SSSR count). The van der Waals surface area contributed by atoms with Gasteiger partial charge in [-0.2, -0.15) is 5.26 Å². The van der Waals surface area contributed by atoms with Gasteiger partial charge in [0.15, 0.2) is 5.78 Å². The first-order chi connectivity index (χ1) is 8.08.